The third kappa shape index (κ3) is 6.71. The number of carbonyl (C=O) groups is 1. The number of nitrogens with zero attached hydrogens (tertiary/aromatic N) is 1. The third-order valence-corrected chi connectivity index (χ3v) is 6.30. The quantitative estimate of drug-likeness (QED) is 0.703. The van der Waals surface area contributed by atoms with Gasteiger partial charge in [0.1, 0.15) is 5.75 Å². The predicted octanol–water partition coefficient (Wildman–Crippen LogP) is 4.32. The topological polar surface area (TPSA) is 50.8 Å². The normalized spacial score (nSPS) is 20.6. The minimum atomic E-state index is 0.0144. The molecule has 0 radical (unpaired) electrons. The van der Waals surface area contributed by atoms with Gasteiger partial charge in [0, 0.05) is 13.1 Å². The number of benzene rings is 1. The Kier molecular flexibility index (Phi) is 8.37. The fourth-order valence-electron chi connectivity index (χ4n) is 4.55. The largest absolute Gasteiger partial charge is 0.497 e. The van der Waals surface area contributed by atoms with Crippen LogP contribution in [0.2, 0.25) is 0 Å². The molecule has 1 aromatic carbocycles. The van der Waals surface area contributed by atoms with Crippen LogP contribution in [0.1, 0.15) is 70.4 Å². The molecule has 1 heterocycles. The number of likely N-dealkylation sites (tertiary alicyclic amines) is 1. The van der Waals surface area contributed by atoms with Crippen molar-refractivity contribution >= 4 is 5.91 Å². The zero-order valence-corrected chi connectivity index (χ0v) is 18.4. The maximum atomic E-state index is 12.7. The van der Waals surface area contributed by atoms with E-state index in [2.05, 4.69) is 24.1 Å². The van der Waals surface area contributed by atoms with Crippen molar-refractivity contribution in [1.29, 1.82) is 0 Å². The molecule has 1 amide bonds. The Morgan fingerprint density at radius 2 is 1.66 bits per heavy atom. The zero-order chi connectivity index (χ0) is 20.6. The summed E-state index contributed by atoms with van der Waals surface area (Å²) in [5.41, 5.74) is 1.12. The summed E-state index contributed by atoms with van der Waals surface area (Å²) in [5, 5.41) is 3.24. The SMILES string of the molecule is COc1ccc(C(NC(=O)CN2CCC(OC3CCCCC3)CC2)C(C)C)cc1. The lowest BCUT2D eigenvalue weighted by Gasteiger charge is -2.35. The first-order valence-corrected chi connectivity index (χ1v) is 11.4. The molecular formula is C24H38N2O3. The van der Waals surface area contributed by atoms with Gasteiger partial charge in [-0.25, -0.2) is 0 Å². The molecule has 1 saturated heterocycles. The molecule has 1 N–H and O–H groups in total. The van der Waals surface area contributed by atoms with Crippen molar-refractivity contribution in [2.75, 3.05) is 26.7 Å². The average Bonchev–Trinajstić information content (AvgIpc) is 2.74. The summed E-state index contributed by atoms with van der Waals surface area (Å²) < 4.78 is 11.6. The van der Waals surface area contributed by atoms with Gasteiger partial charge in [0.2, 0.25) is 5.91 Å². The predicted molar refractivity (Wildman–Crippen MR) is 116 cm³/mol. The fourth-order valence-corrected chi connectivity index (χ4v) is 4.55. The van der Waals surface area contributed by atoms with Crippen LogP contribution in [-0.4, -0.2) is 49.8 Å². The minimum Gasteiger partial charge on any atom is -0.497 e. The molecule has 0 bridgehead atoms. The maximum Gasteiger partial charge on any atom is 0.234 e. The Morgan fingerprint density at radius 3 is 2.24 bits per heavy atom. The molecule has 1 aliphatic heterocycles. The number of nitrogens with one attached hydrogen (secondary N) is 1. The Labute approximate surface area is 176 Å². The van der Waals surface area contributed by atoms with Gasteiger partial charge in [-0.2, -0.15) is 0 Å². The Hall–Kier alpha value is -1.59. The fraction of sp³-hybridized carbons (Fsp3) is 0.708. The number of carbonyl (C=O) groups excluding carboxylic acids is 1. The molecule has 3 rings (SSSR count). The number of ether oxygens (including phenoxy) is 2. The summed E-state index contributed by atoms with van der Waals surface area (Å²) in [4.78, 5) is 15.0. The van der Waals surface area contributed by atoms with E-state index in [9.17, 15) is 4.79 Å². The Morgan fingerprint density at radius 1 is 1.03 bits per heavy atom. The van der Waals surface area contributed by atoms with Crippen LogP contribution in [-0.2, 0) is 9.53 Å². The van der Waals surface area contributed by atoms with E-state index in [1.54, 1.807) is 7.11 Å². The molecule has 1 atom stereocenters. The molecule has 162 valence electrons. The minimum absolute atomic E-state index is 0.0144. The molecule has 1 unspecified atom stereocenters. The molecule has 5 nitrogen and oxygen atoms in total. The van der Waals surface area contributed by atoms with Crippen molar-refractivity contribution in [2.45, 2.75) is 77.0 Å². The summed E-state index contributed by atoms with van der Waals surface area (Å²) in [5.74, 6) is 1.26. The van der Waals surface area contributed by atoms with E-state index in [1.807, 2.05) is 24.3 Å². The number of methoxy groups -OCH3 is 1. The summed E-state index contributed by atoms with van der Waals surface area (Å²) >= 11 is 0. The van der Waals surface area contributed by atoms with Crippen LogP contribution >= 0.6 is 0 Å². The first kappa shape index (κ1) is 22.1. The first-order chi connectivity index (χ1) is 14.0. The lowest BCUT2D eigenvalue weighted by atomic mass is 9.96. The van der Waals surface area contributed by atoms with E-state index in [1.165, 1.54) is 32.1 Å². The van der Waals surface area contributed by atoms with Crippen LogP contribution in [0.4, 0.5) is 0 Å². The molecule has 1 aliphatic carbocycles. The molecule has 0 aromatic heterocycles. The maximum absolute atomic E-state index is 12.7. The highest BCUT2D eigenvalue weighted by Gasteiger charge is 2.26. The van der Waals surface area contributed by atoms with E-state index in [4.69, 9.17) is 9.47 Å². The summed E-state index contributed by atoms with van der Waals surface area (Å²) in [6.07, 6.45) is 9.37. The van der Waals surface area contributed by atoms with Crippen molar-refractivity contribution < 1.29 is 14.3 Å². The number of rotatable bonds is 8. The van der Waals surface area contributed by atoms with Gasteiger partial charge in [-0.3, -0.25) is 9.69 Å². The smallest absolute Gasteiger partial charge is 0.234 e. The average molecular weight is 403 g/mol. The van der Waals surface area contributed by atoms with Crippen molar-refractivity contribution in [1.82, 2.24) is 10.2 Å². The first-order valence-electron chi connectivity index (χ1n) is 11.4. The van der Waals surface area contributed by atoms with Crippen molar-refractivity contribution in [3.05, 3.63) is 29.8 Å². The standard InChI is InChI=1S/C24H38N2O3/c1-18(2)24(19-9-11-20(28-3)12-10-19)25-23(27)17-26-15-13-22(14-16-26)29-21-7-5-4-6-8-21/h9-12,18,21-22,24H,4-8,13-17H2,1-3H3,(H,25,27). The van der Waals surface area contributed by atoms with Gasteiger partial charge in [-0.15, -0.1) is 0 Å². The molecule has 1 aromatic rings. The van der Waals surface area contributed by atoms with Crippen LogP contribution in [0.3, 0.4) is 0 Å². The van der Waals surface area contributed by atoms with Gasteiger partial charge in [0.25, 0.3) is 0 Å². The third-order valence-electron chi connectivity index (χ3n) is 6.30. The summed E-state index contributed by atoms with van der Waals surface area (Å²) in [7, 11) is 1.67. The molecule has 29 heavy (non-hydrogen) atoms. The van der Waals surface area contributed by atoms with Crippen LogP contribution in [0.25, 0.3) is 0 Å². The molecule has 2 aliphatic rings. The van der Waals surface area contributed by atoms with E-state index in [-0.39, 0.29) is 11.9 Å². The second-order valence-electron chi connectivity index (χ2n) is 8.93. The second kappa shape index (κ2) is 11.0. The van der Waals surface area contributed by atoms with Crippen molar-refractivity contribution in [3.63, 3.8) is 0 Å². The van der Waals surface area contributed by atoms with E-state index < -0.39 is 0 Å². The molecule has 2 fully saturated rings. The highest BCUT2D eigenvalue weighted by atomic mass is 16.5. The van der Waals surface area contributed by atoms with Crippen LogP contribution in [0.15, 0.2) is 24.3 Å². The van der Waals surface area contributed by atoms with E-state index >= 15 is 0 Å². The van der Waals surface area contributed by atoms with E-state index in [0.717, 1.165) is 37.2 Å². The van der Waals surface area contributed by atoms with Gasteiger partial charge in [-0.1, -0.05) is 45.2 Å². The van der Waals surface area contributed by atoms with Gasteiger partial charge < -0.3 is 14.8 Å². The Bertz CT molecular complexity index is 618. The molecule has 5 heteroatoms. The van der Waals surface area contributed by atoms with Gasteiger partial charge >= 0.3 is 0 Å². The number of amides is 1. The highest BCUT2D eigenvalue weighted by molar-refractivity contribution is 5.78. The Balaban J connectivity index is 1.44. The number of hydrogen-bond acceptors (Lipinski definition) is 4. The van der Waals surface area contributed by atoms with Gasteiger partial charge in [0.05, 0.1) is 31.9 Å². The van der Waals surface area contributed by atoms with Crippen LogP contribution in [0, 0.1) is 5.92 Å². The summed E-state index contributed by atoms with van der Waals surface area (Å²) in [6, 6.07) is 8.00. The lowest BCUT2D eigenvalue weighted by molar-refractivity contribution is -0.124. The van der Waals surface area contributed by atoms with E-state index in [0.29, 0.717) is 24.7 Å². The number of hydrogen-bond donors (Lipinski definition) is 1. The van der Waals surface area contributed by atoms with Crippen LogP contribution in [0.5, 0.6) is 5.75 Å². The summed E-state index contributed by atoms with van der Waals surface area (Å²) in [6.45, 7) is 6.64. The lowest BCUT2D eigenvalue weighted by Crippen LogP contribution is -2.45. The van der Waals surface area contributed by atoms with Crippen molar-refractivity contribution in [2.24, 2.45) is 5.92 Å². The van der Waals surface area contributed by atoms with Crippen molar-refractivity contribution in [3.8, 4) is 5.75 Å². The monoisotopic (exact) mass is 402 g/mol. The second-order valence-corrected chi connectivity index (χ2v) is 8.93. The van der Waals surface area contributed by atoms with Gasteiger partial charge in [-0.05, 0) is 49.3 Å². The highest BCUT2D eigenvalue weighted by Crippen LogP contribution is 2.26. The molecular weight excluding hydrogens is 364 g/mol. The zero-order valence-electron chi connectivity index (χ0n) is 18.4. The van der Waals surface area contributed by atoms with Gasteiger partial charge in [0.15, 0.2) is 0 Å². The molecule has 0 spiro atoms. The number of piperidine rings is 1. The van der Waals surface area contributed by atoms with Crippen LogP contribution < -0.4 is 10.1 Å². The molecule has 1 saturated carbocycles.